The monoisotopic (exact) mass is 271 g/mol. The van der Waals surface area contributed by atoms with Crippen molar-refractivity contribution in [2.45, 2.75) is 72.1 Å². The molecule has 1 aliphatic carbocycles. The molecule has 114 valence electrons. The van der Waals surface area contributed by atoms with Gasteiger partial charge in [-0.25, -0.2) is 0 Å². The topological polar surface area (TPSA) is 21.7 Å². The second-order valence-electron chi connectivity index (χ2n) is 5.96. The zero-order valence-corrected chi connectivity index (χ0v) is 13.4. The number of hydrogen-bond acceptors (Lipinski definition) is 3. The lowest BCUT2D eigenvalue weighted by atomic mass is 10.1. The van der Waals surface area contributed by atoms with E-state index in [1.165, 1.54) is 32.2 Å². The van der Waals surface area contributed by atoms with Gasteiger partial charge in [-0.15, -0.1) is 0 Å². The van der Waals surface area contributed by atoms with Gasteiger partial charge in [0.05, 0.1) is 0 Å². The summed E-state index contributed by atoms with van der Waals surface area (Å²) in [6.07, 6.45) is 6.52. The highest BCUT2D eigenvalue weighted by molar-refractivity contribution is 4.78. The summed E-state index contributed by atoms with van der Waals surface area (Å²) in [5, 5.41) is 0. The van der Waals surface area contributed by atoms with Gasteiger partial charge in [0.15, 0.2) is 6.29 Å². The second kappa shape index (κ2) is 9.73. The van der Waals surface area contributed by atoms with Crippen LogP contribution in [0.15, 0.2) is 0 Å². The standard InChI is InChI=1S/C16H33NO2/c1-5-18-16(19-6-2)11-12-17(13-14(3)4)15-9-7-8-10-15/h14-16H,5-13H2,1-4H3. The largest absolute Gasteiger partial charge is 0.353 e. The van der Waals surface area contributed by atoms with Crippen LogP contribution >= 0.6 is 0 Å². The molecule has 0 bridgehead atoms. The van der Waals surface area contributed by atoms with Crippen molar-refractivity contribution in [1.29, 1.82) is 0 Å². The van der Waals surface area contributed by atoms with Gasteiger partial charge in [-0.2, -0.15) is 0 Å². The molecule has 1 fully saturated rings. The molecular weight excluding hydrogens is 238 g/mol. The van der Waals surface area contributed by atoms with Gasteiger partial charge in [-0.3, -0.25) is 4.90 Å². The van der Waals surface area contributed by atoms with Gasteiger partial charge in [0.1, 0.15) is 0 Å². The molecular formula is C16H33NO2. The summed E-state index contributed by atoms with van der Waals surface area (Å²) in [4.78, 5) is 2.67. The minimum absolute atomic E-state index is 0.0222. The average molecular weight is 271 g/mol. The Morgan fingerprint density at radius 1 is 1.05 bits per heavy atom. The molecule has 0 spiro atoms. The summed E-state index contributed by atoms with van der Waals surface area (Å²) < 4.78 is 11.3. The van der Waals surface area contributed by atoms with E-state index in [-0.39, 0.29) is 6.29 Å². The van der Waals surface area contributed by atoms with Crippen molar-refractivity contribution in [2.24, 2.45) is 5.92 Å². The Morgan fingerprint density at radius 2 is 1.63 bits per heavy atom. The van der Waals surface area contributed by atoms with Crippen LogP contribution in [0, 0.1) is 5.92 Å². The molecule has 3 nitrogen and oxygen atoms in total. The predicted molar refractivity (Wildman–Crippen MR) is 80.3 cm³/mol. The molecule has 1 saturated carbocycles. The number of ether oxygens (including phenoxy) is 2. The summed E-state index contributed by atoms with van der Waals surface area (Å²) >= 11 is 0. The third-order valence-electron chi connectivity index (χ3n) is 3.80. The van der Waals surface area contributed by atoms with Crippen LogP contribution in [0.1, 0.15) is 59.8 Å². The first kappa shape index (κ1) is 16.9. The van der Waals surface area contributed by atoms with Crippen molar-refractivity contribution >= 4 is 0 Å². The SMILES string of the molecule is CCOC(CCN(CC(C)C)C1CCCC1)OCC. The van der Waals surface area contributed by atoms with E-state index in [1.807, 2.05) is 13.8 Å². The fourth-order valence-electron chi connectivity index (χ4n) is 3.02. The number of hydrogen-bond donors (Lipinski definition) is 0. The summed E-state index contributed by atoms with van der Waals surface area (Å²) in [6, 6.07) is 0.798. The van der Waals surface area contributed by atoms with Gasteiger partial charge in [0, 0.05) is 38.8 Å². The molecule has 19 heavy (non-hydrogen) atoms. The lowest BCUT2D eigenvalue weighted by molar-refractivity contribution is -0.142. The Labute approximate surface area is 119 Å². The van der Waals surface area contributed by atoms with Crippen LogP contribution in [0.25, 0.3) is 0 Å². The molecule has 0 aromatic carbocycles. The van der Waals surface area contributed by atoms with E-state index in [2.05, 4.69) is 18.7 Å². The maximum absolute atomic E-state index is 5.65. The van der Waals surface area contributed by atoms with Crippen LogP contribution < -0.4 is 0 Å². The molecule has 0 heterocycles. The van der Waals surface area contributed by atoms with E-state index in [0.29, 0.717) is 0 Å². The first-order chi connectivity index (χ1) is 9.17. The fraction of sp³-hybridized carbons (Fsp3) is 1.00. The first-order valence-electron chi connectivity index (χ1n) is 8.14. The molecule has 0 aromatic rings. The average Bonchev–Trinajstić information content (AvgIpc) is 2.88. The van der Waals surface area contributed by atoms with E-state index in [0.717, 1.165) is 38.1 Å². The van der Waals surface area contributed by atoms with Crippen molar-refractivity contribution in [3.05, 3.63) is 0 Å². The number of nitrogens with zero attached hydrogens (tertiary/aromatic N) is 1. The second-order valence-corrected chi connectivity index (χ2v) is 5.96. The molecule has 0 amide bonds. The molecule has 1 rings (SSSR count). The van der Waals surface area contributed by atoms with Crippen molar-refractivity contribution in [3.8, 4) is 0 Å². The Balaban J connectivity index is 2.41. The lowest BCUT2D eigenvalue weighted by Crippen LogP contribution is -2.38. The van der Waals surface area contributed by atoms with Crippen LogP contribution in [0.4, 0.5) is 0 Å². The predicted octanol–water partition coefficient (Wildman–Crippen LogP) is 3.68. The normalized spacial score (nSPS) is 17.2. The van der Waals surface area contributed by atoms with Crippen molar-refractivity contribution < 1.29 is 9.47 Å². The van der Waals surface area contributed by atoms with Crippen LogP contribution in [0.5, 0.6) is 0 Å². The molecule has 3 heteroatoms. The van der Waals surface area contributed by atoms with Crippen molar-refractivity contribution in [1.82, 2.24) is 4.90 Å². The maximum atomic E-state index is 5.65. The maximum Gasteiger partial charge on any atom is 0.158 e. The van der Waals surface area contributed by atoms with Crippen molar-refractivity contribution in [2.75, 3.05) is 26.3 Å². The van der Waals surface area contributed by atoms with Crippen LogP contribution in [-0.4, -0.2) is 43.5 Å². The van der Waals surface area contributed by atoms with E-state index in [1.54, 1.807) is 0 Å². The van der Waals surface area contributed by atoms with E-state index >= 15 is 0 Å². The van der Waals surface area contributed by atoms with Crippen LogP contribution in [0.2, 0.25) is 0 Å². The minimum Gasteiger partial charge on any atom is -0.353 e. The van der Waals surface area contributed by atoms with Gasteiger partial charge in [0.25, 0.3) is 0 Å². The Morgan fingerprint density at radius 3 is 2.11 bits per heavy atom. The van der Waals surface area contributed by atoms with Gasteiger partial charge in [-0.1, -0.05) is 26.7 Å². The fourth-order valence-corrected chi connectivity index (χ4v) is 3.02. The van der Waals surface area contributed by atoms with E-state index in [4.69, 9.17) is 9.47 Å². The van der Waals surface area contributed by atoms with E-state index in [9.17, 15) is 0 Å². The molecule has 0 aliphatic heterocycles. The summed E-state index contributed by atoms with van der Waals surface area (Å²) in [7, 11) is 0. The smallest absolute Gasteiger partial charge is 0.158 e. The summed E-state index contributed by atoms with van der Waals surface area (Å²) in [5.41, 5.74) is 0. The highest BCUT2D eigenvalue weighted by atomic mass is 16.7. The molecule has 0 radical (unpaired) electrons. The quantitative estimate of drug-likeness (QED) is 0.566. The Bertz CT molecular complexity index is 209. The van der Waals surface area contributed by atoms with Gasteiger partial charge >= 0.3 is 0 Å². The van der Waals surface area contributed by atoms with Gasteiger partial charge in [0.2, 0.25) is 0 Å². The van der Waals surface area contributed by atoms with E-state index < -0.39 is 0 Å². The zero-order valence-electron chi connectivity index (χ0n) is 13.4. The van der Waals surface area contributed by atoms with Crippen LogP contribution in [-0.2, 0) is 9.47 Å². The summed E-state index contributed by atoms with van der Waals surface area (Å²) in [5.74, 6) is 0.734. The van der Waals surface area contributed by atoms with Crippen LogP contribution in [0.3, 0.4) is 0 Å². The zero-order chi connectivity index (χ0) is 14.1. The molecule has 0 atom stereocenters. The first-order valence-corrected chi connectivity index (χ1v) is 8.14. The number of rotatable bonds is 10. The Kier molecular flexibility index (Phi) is 8.67. The van der Waals surface area contributed by atoms with Gasteiger partial charge < -0.3 is 9.47 Å². The third kappa shape index (κ3) is 6.73. The minimum atomic E-state index is -0.0222. The molecule has 1 aliphatic rings. The third-order valence-corrected chi connectivity index (χ3v) is 3.80. The Hall–Kier alpha value is -0.120. The van der Waals surface area contributed by atoms with Crippen molar-refractivity contribution in [3.63, 3.8) is 0 Å². The highest BCUT2D eigenvalue weighted by Crippen LogP contribution is 2.24. The molecule has 0 N–H and O–H groups in total. The molecule has 0 unspecified atom stereocenters. The molecule has 0 saturated heterocycles. The summed E-state index contributed by atoms with van der Waals surface area (Å²) in [6.45, 7) is 12.5. The van der Waals surface area contributed by atoms with Gasteiger partial charge in [-0.05, 0) is 32.6 Å². The molecule has 0 aromatic heterocycles. The highest BCUT2D eigenvalue weighted by Gasteiger charge is 2.23. The lowest BCUT2D eigenvalue weighted by Gasteiger charge is -2.31.